The molecule has 0 aromatic carbocycles. The predicted octanol–water partition coefficient (Wildman–Crippen LogP) is 1.31. The summed E-state index contributed by atoms with van der Waals surface area (Å²) < 4.78 is 0.933. The highest BCUT2D eigenvalue weighted by atomic mass is 79.9. The van der Waals surface area contributed by atoms with E-state index < -0.39 is 5.54 Å². The van der Waals surface area contributed by atoms with E-state index in [4.69, 9.17) is 10.2 Å². The molecule has 3 N–H and O–H groups in total. The molecule has 0 bridgehead atoms. The number of aliphatic hydroxyl groups excluding tert-OH is 2. The van der Waals surface area contributed by atoms with Crippen LogP contribution in [-0.4, -0.2) is 33.9 Å². The Hall–Kier alpha value is -0.650. The number of pyridine rings is 1. The summed E-state index contributed by atoms with van der Waals surface area (Å²) in [6.45, 7) is 3.37. The van der Waals surface area contributed by atoms with Gasteiger partial charge in [0.25, 0.3) is 0 Å². The first-order valence-corrected chi connectivity index (χ1v) is 5.42. The lowest BCUT2D eigenvalue weighted by Crippen LogP contribution is -2.42. The minimum atomic E-state index is -0.743. The highest BCUT2D eigenvalue weighted by Gasteiger charge is 2.22. The van der Waals surface area contributed by atoms with E-state index in [0.717, 1.165) is 10.0 Å². The molecule has 0 aliphatic heterocycles. The summed E-state index contributed by atoms with van der Waals surface area (Å²) in [5, 5.41) is 21.2. The van der Waals surface area contributed by atoms with Crippen molar-refractivity contribution in [1.29, 1.82) is 0 Å². The molecule has 1 aromatic heterocycles. The van der Waals surface area contributed by atoms with Crippen LogP contribution in [0.25, 0.3) is 0 Å². The number of hydrogen-bond donors (Lipinski definition) is 3. The van der Waals surface area contributed by atoms with Gasteiger partial charge < -0.3 is 15.5 Å². The first kappa shape index (κ1) is 12.4. The molecule has 0 saturated heterocycles. The fraction of sp³-hybridized carbons (Fsp3) is 0.500. The summed E-state index contributed by atoms with van der Waals surface area (Å²) in [7, 11) is 0. The molecule has 1 aromatic rings. The maximum absolute atomic E-state index is 9.11. The number of hydrogen-bond acceptors (Lipinski definition) is 4. The van der Waals surface area contributed by atoms with E-state index in [0.29, 0.717) is 5.82 Å². The lowest BCUT2D eigenvalue weighted by molar-refractivity contribution is 0.147. The van der Waals surface area contributed by atoms with Gasteiger partial charge in [-0.25, -0.2) is 4.98 Å². The molecular formula is C10H15BrN2O2. The van der Waals surface area contributed by atoms with E-state index in [-0.39, 0.29) is 13.2 Å². The van der Waals surface area contributed by atoms with Gasteiger partial charge in [0.2, 0.25) is 0 Å². The lowest BCUT2D eigenvalue weighted by atomic mass is 10.1. The van der Waals surface area contributed by atoms with Crippen molar-refractivity contribution in [3.63, 3.8) is 0 Å². The lowest BCUT2D eigenvalue weighted by Gasteiger charge is -2.26. The van der Waals surface area contributed by atoms with Crippen LogP contribution in [0.3, 0.4) is 0 Å². The van der Waals surface area contributed by atoms with Crippen LogP contribution in [-0.2, 0) is 0 Å². The maximum atomic E-state index is 9.11. The van der Waals surface area contributed by atoms with Crippen LogP contribution in [0.2, 0.25) is 0 Å². The first-order valence-electron chi connectivity index (χ1n) is 4.63. The van der Waals surface area contributed by atoms with Crippen molar-refractivity contribution < 1.29 is 10.2 Å². The van der Waals surface area contributed by atoms with Gasteiger partial charge in [0.05, 0.1) is 18.8 Å². The van der Waals surface area contributed by atoms with Crippen LogP contribution in [0.4, 0.5) is 5.82 Å². The molecule has 15 heavy (non-hydrogen) atoms. The van der Waals surface area contributed by atoms with E-state index in [2.05, 4.69) is 26.2 Å². The van der Waals surface area contributed by atoms with E-state index in [1.54, 1.807) is 13.1 Å². The molecule has 84 valence electrons. The van der Waals surface area contributed by atoms with Gasteiger partial charge in [0, 0.05) is 10.7 Å². The molecule has 1 heterocycles. The third kappa shape index (κ3) is 3.15. The Labute approximate surface area is 97.5 Å². The van der Waals surface area contributed by atoms with Crippen molar-refractivity contribution in [3.05, 3.63) is 22.3 Å². The molecule has 0 fully saturated rings. The summed E-state index contributed by atoms with van der Waals surface area (Å²) in [6.07, 6.45) is 1.69. The summed E-state index contributed by atoms with van der Waals surface area (Å²) in [4.78, 5) is 4.14. The molecule has 0 saturated carbocycles. The standard InChI is InChI=1S/C10H15BrN2O2/c1-7-3-9(12-4-8(7)11)13-10(2,5-14)6-15/h3-4,14-15H,5-6H2,1-2H3,(H,12,13). The van der Waals surface area contributed by atoms with Crippen molar-refractivity contribution in [2.75, 3.05) is 18.5 Å². The molecule has 0 unspecified atom stereocenters. The summed E-state index contributed by atoms with van der Waals surface area (Å²) in [6, 6.07) is 1.85. The third-order valence-electron chi connectivity index (χ3n) is 2.17. The molecule has 0 aliphatic rings. The van der Waals surface area contributed by atoms with Gasteiger partial charge in [0.1, 0.15) is 5.82 Å². The predicted molar refractivity (Wildman–Crippen MR) is 62.9 cm³/mol. The van der Waals surface area contributed by atoms with Crippen molar-refractivity contribution in [2.45, 2.75) is 19.4 Å². The largest absolute Gasteiger partial charge is 0.394 e. The highest BCUT2D eigenvalue weighted by molar-refractivity contribution is 9.10. The van der Waals surface area contributed by atoms with Gasteiger partial charge in [-0.15, -0.1) is 0 Å². The van der Waals surface area contributed by atoms with Crippen molar-refractivity contribution in [1.82, 2.24) is 4.98 Å². The summed E-state index contributed by atoms with van der Waals surface area (Å²) in [5.41, 5.74) is 0.304. The molecule has 0 spiro atoms. The highest BCUT2D eigenvalue weighted by Crippen LogP contribution is 2.19. The molecule has 4 nitrogen and oxygen atoms in total. The second-order valence-corrected chi connectivity index (χ2v) is 4.67. The maximum Gasteiger partial charge on any atom is 0.126 e. The second-order valence-electron chi connectivity index (χ2n) is 3.82. The fourth-order valence-corrected chi connectivity index (χ4v) is 1.26. The van der Waals surface area contributed by atoms with Gasteiger partial charge >= 0.3 is 0 Å². The second kappa shape index (κ2) is 4.92. The van der Waals surface area contributed by atoms with Crippen molar-refractivity contribution in [2.24, 2.45) is 0 Å². The molecule has 0 atom stereocenters. The quantitative estimate of drug-likeness (QED) is 0.775. The number of nitrogens with one attached hydrogen (secondary N) is 1. The minimum Gasteiger partial charge on any atom is -0.394 e. The zero-order valence-electron chi connectivity index (χ0n) is 8.79. The fourth-order valence-electron chi connectivity index (χ4n) is 1.05. The molecule has 0 aliphatic carbocycles. The minimum absolute atomic E-state index is 0.152. The molecule has 5 heteroatoms. The van der Waals surface area contributed by atoms with Crippen molar-refractivity contribution in [3.8, 4) is 0 Å². The number of anilines is 1. The third-order valence-corrected chi connectivity index (χ3v) is 3.00. The zero-order valence-corrected chi connectivity index (χ0v) is 10.4. The van der Waals surface area contributed by atoms with E-state index >= 15 is 0 Å². The number of halogens is 1. The van der Waals surface area contributed by atoms with Crippen LogP contribution in [0.5, 0.6) is 0 Å². The Kier molecular flexibility index (Phi) is 4.07. The smallest absolute Gasteiger partial charge is 0.126 e. The van der Waals surface area contributed by atoms with E-state index in [9.17, 15) is 0 Å². The van der Waals surface area contributed by atoms with Gasteiger partial charge in [-0.1, -0.05) is 0 Å². The van der Waals surface area contributed by atoms with Crippen LogP contribution in [0.1, 0.15) is 12.5 Å². The van der Waals surface area contributed by atoms with Gasteiger partial charge in [-0.05, 0) is 41.4 Å². The molecular weight excluding hydrogens is 260 g/mol. The van der Waals surface area contributed by atoms with Crippen molar-refractivity contribution >= 4 is 21.7 Å². The number of aliphatic hydroxyl groups is 2. The summed E-state index contributed by atoms with van der Waals surface area (Å²) in [5.74, 6) is 0.640. The average Bonchev–Trinajstić information content (AvgIpc) is 2.23. The van der Waals surface area contributed by atoms with Crippen LogP contribution >= 0.6 is 15.9 Å². The normalized spacial score (nSPS) is 11.5. The Bertz CT molecular complexity index is 340. The monoisotopic (exact) mass is 274 g/mol. The zero-order chi connectivity index (χ0) is 11.5. The van der Waals surface area contributed by atoms with Crippen LogP contribution < -0.4 is 5.32 Å². The number of aryl methyl sites for hydroxylation is 1. The Morgan fingerprint density at radius 2 is 2.07 bits per heavy atom. The molecule has 0 radical (unpaired) electrons. The number of aromatic nitrogens is 1. The Balaban J connectivity index is 2.85. The van der Waals surface area contributed by atoms with Crippen LogP contribution in [0, 0.1) is 6.92 Å². The first-order chi connectivity index (χ1) is 7.00. The summed E-state index contributed by atoms with van der Waals surface area (Å²) >= 11 is 3.35. The Morgan fingerprint density at radius 3 is 2.53 bits per heavy atom. The van der Waals surface area contributed by atoms with Gasteiger partial charge in [-0.3, -0.25) is 0 Å². The number of nitrogens with zero attached hydrogens (tertiary/aromatic N) is 1. The number of rotatable bonds is 4. The SMILES string of the molecule is Cc1cc(NC(C)(CO)CO)ncc1Br. The topological polar surface area (TPSA) is 65.4 Å². The van der Waals surface area contributed by atoms with Crippen LogP contribution in [0.15, 0.2) is 16.7 Å². The average molecular weight is 275 g/mol. The Morgan fingerprint density at radius 1 is 1.47 bits per heavy atom. The molecule has 1 rings (SSSR count). The van der Waals surface area contributed by atoms with E-state index in [1.807, 2.05) is 13.0 Å². The van der Waals surface area contributed by atoms with Gasteiger partial charge in [-0.2, -0.15) is 0 Å². The van der Waals surface area contributed by atoms with Gasteiger partial charge in [0.15, 0.2) is 0 Å². The van der Waals surface area contributed by atoms with E-state index in [1.165, 1.54) is 0 Å². The molecule has 0 amide bonds.